The lowest BCUT2D eigenvalue weighted by Crippen LogP contribution is -2.38. The molecule has 0 unspecified atom stereocenters. The van der Waals surface area contributed by atoms with Crippen LogP contribution in [-0.4, -0.2) is 27.3 Å². The van der Waals surface area contributed by atoms with Gasteiger partial charge in [-0.05, 0) is 31.0 Å². The molecule has 3 rings (SSSR count). The Balaban J connectivity index is 2.15. The van der Waals surface area contributed by atoms with Gasteiger partial charge in [-0.15, -0.1) is 0 Å². The molecule has 0 amide bonds. The van der Waals surface area contributed by atoms with Crippen LogP contribution in [0.2, 0.25) is 0 Å². The molecule has 24 heavy (non-hydrogen) atoms. The van der Waals surface area contributed by atoms with Crippen molar-refractivity contribution in [3.63, 3.8) is 0 Å². The van der Waals surface area contributed by atoms with Crippen LogP contribution in [0, 0.1) is 11.7 Å². The van der Waals surface area contributed by atoms with Crippen molar-refractivity contribution in [3.05, 3.63) is 53.7 Å². The number of nitrogens with one attached hydrogen (secondary N) is 1. The number of esters is 1. The number of hydrogen-bond donors (Lipinski definition) is 1. The van der Waals surface area contributed by atoms with Gasteiger partial charge < -0.3 is 10.1 Å². The fourth-order valence-corrected chi connectivity index (χ4v) is 2.97. The summed E-state index contributed by atoms with van der Waals surface area (Å²) in [4.78, 5) is 16.8. The zero-order valence-corrected chi connectivity index (χ0v) is 13.6. The van der Waals surface area contributed by atoms with Crippen molar-refractivity contribution in [1.29, 1.82) is 0 Å². The highest BCUT2D eigenvalue weighted by atomic mass is 19.1. The first-order valence-electron chi connectivity index (χ1n) is 7.94. The molecule has 0 saturated heterocycles. The maximum atomic E-state index is 13.8. The number of aromatic nitrogens is 3. The van der Waals surface area contributed by atoms with Crippen molar-refractivity contribution in [2.24, 2.45) is 5.92 Å². The van der Waals surface area contributed by atoms with Gasteiger partial charge in [-0.2, -0.15) is 10.1 Å². The highest BCUT2D eigenvalue weighted by molar-refractivity contribution is 5.79. The Morgan fingerprint density at radius 3 is 3.00 bits per heavy atom. The topological polar surface area (TPSA) is 69.0 Å². The summed E-state index contributed by atoms with van der Waals surface area (Å²) in [5, 5.41) is 7.35. The van der Waals surface area contributed by atoms with E-state index in [2.05, 4.69) is 15.4 Å². The monoisotopic (exact) mass is 330 g/mol. The molecule has 6 nitrogen and oxygen atoms in total. The first-order chi connectivity index (χ1) is 11.7. The molecule has 1 N–H and O–H groups in total. The van der Waals surface area contributed by atoms with Gasteiger partial charge >= 0.3 is 5.97 Å². The summed E-state index contributed by atoms with van der Waals surface area (Å²) in [7, 11) is 0. The molecule has 0 fully saturated rings. The molecule has 2 heterocycles. The van der Waals surface area contributed by atoms with Gasteiger partial charge in [-0.3, -0.25) is 4.79 Å². The van der Waals surface area contributed by atoms with E-state index >= 15 is 0 Å². The maximum Gasteiger partial charge on any atom is 0.317 e. The molecule has 7 heteroatoms. The summed E-state index contributed by atoms with van der Waals surface area (Å²) in [6.45, 7) is 4.01. The highest BCUT2D eigenvalue weighted by Gasteiger charge is 2.41. The van der Waals surface area contributed by atoms with Gasteiger partial charge in [0.15, 0.2) is 0 Å². The van der Waals surface area contributed by atoms with Crippen LogP contribution >= 0.6 is 0 Å². The fourth-order valence-electron chi connectivity index (χ4n) is 2.97. The van der Waals surface area contributed by atoms with E-state index < -0.39 is 12.0 Å². The summed E-state index contributed by atoms with van der Waals surface area (Å²) in [5.41, 5.74) is 1.34. The average molecular weight is 330 g/mol. The van der Waals surface area contributed by atoms with Crippen LogP contribution < -0.4 is 5.32 Å². The summed E-state index contributed by atoms with van der Waals surface area (Å²) in [6, 6.07) is 5.66. The molecule has 2 atom stereocenters. The summed E-state index contributed by atoms with van der Waals surface area (Å²) < 4.78 is 20.6. The quantitative estimate of drug-likeness (QED) is 0.873. The number of carbonyl (C=O) groups is 1. The molecule has 126 valence electrons. The van der Waals surface area contributed by atoms with Crippen LogP contribution in [0.5, 0.6) is 0 Å². The van der Waals surface area contributed by atoms with Crippen molar-refractivity contribution in [1.82, 2.24) is 14.8 Å². The summed E-state index contributed by atoms with van der Waals surface area (Å²) >= 11 is 0. The number of allylic oxidation sites excluding steroid dienone is 1. The number of ether oxygens (including phenoxy) is 1. The average Bonchev–Trinajstić information content (AvgIpc) is 3.02. The lowest BCUT2D eigenvalue weighted by Gasteiger charge is -2.33. The predicted molar refractivity (Wildman–Crippen MR) is 86.7 cm³/mol. The molecular formula is C17H19FN4O2. The van der Waals surface area contributed by atoms with Gasteiger partial charge in [0.1, 0.15) is 18.1 Å². The standard InChI is InChI=1S/C17H19FN4O2/c1-3-6-13-14(16(23)24-4-2)15(11-7-5-8-12(18)9-11)22-17(21-13)19-10-20-22/h5-10,14-15H,3-4H2,1-2H3,(H,19,20,21)/b13-6+/t14-,15+/m0/s1. The smallest absolute Gasteiger partial charge is 0.317 e. The molecule has 1 aliphatic rings. The Morgan fingerprint density at radius 1 is 1.46 bits per heavy atom. The molecule has 0 radical (unpaired) electrons. The Morgan fingerprint density at radius 2 is 2.29 bits per heavy atom. The molecule has 0 saturated carbocycles. The second-order valence-electron chi connectivity index (χ2n) is 5.45. The Kier molecular flexibility index (Phi) is 4.59. The van der Waals surface area contributed by atoms with Crippen LogP contribution in [0.25, 0.3) is 0 Å². The van der Waals surface area contributed by atoms with Gasteiger partial charge in [0.2, 0.25) is 5.95 Å². The molecule has 0 aliphatic carbocycles. The number of rotatable bonds is 4. The Bertz CT molecular complexity index is 771. The van der Waals surface area contributed by atoms with Crippen LogP contribution in [-0.2, 0) is 9.53 Å². The molecule has 1 aromatic carbocycles. The second kappa shape index (κ2) is 6.82. The maximum absolute atomic E-state index is 13.8. The number of halogens is 1. The molecular weight excluding hydrogens is 311 g/mol. The van der Waals surface area contributed by atoms with E-state index in [9.17, 15) is 9.18 Å². The van der Waals surface area contributed by atoms with E-state index in [1.54, 1.807) is 23.7 Å². The number of nitrogens with zero attached hydrogens (tertiary/aromatic N) is 3. The molecule has 2 aromatic rings. The SMILES string of the molecule is CC/C=C1/Nc2ncnn2[C@H](c2cccc(F)c2)[C@H]1C(=O)OCC. The van der Waals surface area contributed by atoms with E-state index in [-0.39, 0.29) is 18.4 Å². The normalized spacial score (nSPS) is 21.2. The zero-order chi connectivity index (χ0) is 17.1. The molecule has 1 aromatic heterocycles. The van der Waals surface area contributed by atoms with E-state index in [0.29, 0.717) is 17.2 Å². The summed E-state index contributed by atoms with van der Waals surface area (Å²) in [6.07, 6.45) is 4.07. The third-order valence-electron chi connectivity index (χ3n) is 3.90. The second-order valence-corrected chi connectivity index (χ2v) is 5.45. The minimum Gasteiger partial charge on any atom is -0.465 e. The Hall–Kier alpha value is -2.70. The van der Waals surface area contributed by atoms with Crippen LogP contribution in [0.3, 0.4) is 0 Å². The van der Waals surface area contributed by atoms with Gasteiger partial charge in [0, 0.05) is 5.70 Å². The van der Waals surface area contributed by atoms with E-state index in [1.165, 1.54) is 18.5 Å². The van der Waals surface area contributed by atoms with E-state index in [1.807, 2.05) is 13.0 Å². The van der Waals surface area contributed by atoms with Crippen molar-refractivity contribution in [2.75, 3.05) is 11.9 Å². The first-order valence-corrected chi connectivity index (χ1v) is 7.94. The number of fused-ring (bicyclic) bond motifs is 1. The van der Waals surface area contributed by atoms with Gasteiger partial charge in [0.25, 0.3) is 0 Å². The van der Waals surface area contributed by atoms with Crippen molar-refractivity contribution < 1.29 is 13.9 Å². The largest absolute Gasteiger partial charge is 0.465 e. The highest BCUT2D eigenvalue weighted by Crippen LogP contribution is 2.38. The van der Waals surface area contributed by atoms with Crippen molar-refractivity contribution >= 4 is 11.9 Å². The van der Waals surface area contributed by atoms with Crippen LogP contribution in [0.15, 0.2) is 42.4 Å². The van der Waals surface area contributed by atoms with Gasteiger partial charge in [-0.1, -0.05) is 25.1 Å². The van der Waals surface area contributed by atoms with E-state index in [4.69, 9.17) is 4.74 Å². The lowest BCUT2D eigenvalue weighted by atomic mass is 9.88. The predicted octanol–water partition coefficient (Wildman–Crippen LogP) is 2.91. The summed E-state index contributed by atoms with van der Waals surface area (Å²) in [5.74, 6) is -0.859. The van der Waals surface area contributed by atoms with Crippen LogP contribution in [0.4, 0.5) is 10.3 Å². The Labute approximate surface area is 139 Å². The lowest BCUT2D eigenvalue weighted by molar-refractivity contribution is -0.147. The number of hydrogen-bond acceptors (Lipinski definition) is 5. The van der Waals surface area contributed by atoms with Crippen LogP contribution in [0.1, 0.15) is 31.9 Å². The van der Waals surface area contributed by atoms with Gasteiger partial charge in [-0.25, -0.2) is 9.07 Å². The molecule has 1 aliphatic heterocycles. The van der Waals surface area contributed by atoms with Crippen molar-refractivity contribution in [3.8, 4) is 0 Å². The van der Waals surface area contributed by atoms with Crippen molar-refractivity contribution in [2.45, 2.75) is 26.3 Å². The van der Waals surface area contributed by atoms with E-state index in [0.717, 1.165) is 6.42 Å². The molecule has 0 bridgehead atoms. The minimum atomic E-state index is -0.638. The minimum absolute atomic E-state index is 0.273. The number of anilines is 1. The fraction of sp³-hybridized carbons (Fsp3) is 0.353. The number of benzene rings is 1. The van der Waals surface area contributed by atoms with Gasteiger partial charge in [0.05, 0.1) is 12.6 Å². The third kappa shape index (κ3) is 2.89. The molecule has 0 spiro atoms. The first kappa shape index (κ1) is 16.2. The zero-order valence-electron chi connectivity index (χ0n) is 13.6. The number of carbonyl (C=O) groups excluding carboxylic acids is 1. The third-order valence-corrected chi connectivity index (χ3v) is 3.90.